The first kappa shape index (κ1) is 16.5. The Hall–Kier alpha value is -2.96. The topological polar surface area (TPSA) is 85.3 Å². The van der Waals surface area contributed by atoms with Crippen LogP contribution >= 0.6 is 0 Å². The van der Waals surface area contributed by atoms with Crippen LogP contribution in [0, 0.1) is 6.92 Å². The number of amides is 1. The van der Waals surface area contributed by atoms with Gasteiger partial charge in [0.25, 0.3) is 0 Å². The molecule has 26 heavy (non-hydrogen) atoms. The Kier molecular flexibility index (Phi) is 4.51. The molecule has 0 N–H and O–H groups in total. The largest absolute Gasteiger partial charge is 0.361 e. The third-order valence-corrected chi connectivity index (χ3v) is 4.61. The van der Waals surface area contributed by atoms with Crippen LogP contribution in [-0.2, 0) is 11.2 Å². The molecule has 134 valence electrons. The number of carbonyl (C=O) groups excluding carboxylic acids is 1. The Morgan fingerprint density at radius 1 is 1.23 bits per heavy atom. The van der Waals surface area contributed by atoms with Crippen LogP contribution in [0.25, 0.3) is 11.4 Å². The van der Waals surface area contributed by atoms with Gasteiger partial charge >= 0.3 is 0 Å². The molecule has 0 aliphatic carbocycles. The lowest BCUT2D eigenvalue weighted by Crippen LogP contribution is -2.30. The first-order chi connectivity index (χ1) is 12.7. The number of nitrogens with zero attached hydrogens (tertiary/aromatic N) is 4. The molecule has 1 aromatic carbocycles. The summed E-state index contributed by atoms with van der Waals surface area (Å²) in [5, 5.41) is 8.07. The van der Waals surface area contributed by atoms with Gasteiger partial charge in [-0.1, -0.05) is 40.6 Å². The van der Waals surface area contributed by atoms with Crippen molar-refractivity contribution in [3.63, 3.8) is 0 Å². The molecule has 2 aromatic heterocycles. The quantitative estimate of drug-likeness (QED) is 0.700. The number of rotatable bonds is 5. The maximum absolute atomic E-state index is 12.7. The van der Waals surface area contributed by atoms with Gasteiger partial charge in [0.15, 0.2) is 0 Å². The van der Waals surface area contributed by atoms with E-state index < -0.39 is 0 Å². The highest BCUT2D eigenvalue weighted by atomic mass is 16.5. The molecule has 4 rings (SSSR count). The summed E-state index contributed by atoms with van der Waals surface area (Å²) in [4.78, 5) is 18.9. The van der Waals surface area contributed by atoms with Crippen LogP contribution in [-0.4, -0.2) is 32.6 Å². The molecule has 1 aliphatic rings. The molecule has 1 fully saturated rings. The Balaban J connectivity index is 1.39. The number of aromatic nitrogens is 3. The average molecular weight is 352 g/mol. The smallest absolute Gasteiger partial charge is 0.227 e. The molecule has 0 saturated carbocycles. The fourth-order valence-electron chi connectivity index (χ4n) is 3.33. The summed E-state index contributed by atoms with van der Waals surface area (Å²) in [6, 6.07) is 11.5. The molecule has 7 nitrogen and oxygen atoms in total. The van der Waals surface area contributed by atoms with Gasteiger partial charge in [0.1, 0.15) is 11.5 Å². The van der Waals surface area contributed by atoms with Crippen molar-refractivity contribution in [3.05, 3.63) is 53.7 Å². The van der Waals surface area contributed by atoms with Gasteiger partial charge in [-0.25, -0.2) is 0 Å². The van der Waals surface area contributed by atoms with Crippen molar-refractivity contribution >= 4 is 5.91 Å². The van der Waals surface area contributed by atoms with E-state index in [1.54, 1.807) is 0 Å². The van der Waals surface area contributed by atoms with Gasteiger partial charge in [0.05, 0.1) is 6.04 Å². The van der Waals surface area contributed by atoms with Gasteiger partial charge in [-0.3, -0.25) is 4.79 Å². The van der Waals surface area contributed by atoms with E-state index in [4.69, 9.17) is 9.05 Å². The molecule has 0 spiro atoms. The zero-order chi connectivity index (χ0) is 17.9. The normalized spacial score (nSPS) is 17.0. The van der Waals surface area contributed by atoms with Crippen LogP contribution in [0.15, 0.2) is 45.4 Å². The second-order valence-corrected chi connectivity index (χ2v) is 6.49. The molecular weight excluding hydrogens is 332 g/mol. The molecule has 3 heterocycles. The lowest BCUT2D eigenvalue weighted by Gasteiger charge is -2.22. The Morgan fingerprint density at radius 3 is 2.85 bits per heavy atom. The molecule has 1 atom stereocenters. The van der Waals surface area contributed by atoms with Crippen molar-refractivity contribution < 1.29 is 13.8 Å². The first-order valence-corrected chi connectivity index (χ1v) is 8.81. The van der Waals surface area contributed by atoms with Gasteiger partial charge in [0, 0.05) is 31.0 Å². The third-order valence-electron chi connectivity index (χ3n) is 4.61. The van der Waals surface area contributed by atoms with Crippen LogP contribution < -0.4 is 0 Å². The number of carbonyl (C=O) groups is 1. The lowest BCUT2D eigenvalue weighted by molar-refractivity contribution is -0.132. The highest BCUT2D eigenvalue weighted by Crippen LogP contribution is 2.32. The van der Waals surface area contributed by atoms with E-state index in [1.807, 2.05) is 48.2 Å². The molecule has 0 bridgehead atoms. The number of hydrogen-bond acceptors (Lipinski definition) is 6. The van der Waals surface area contributed by atoms with Gasteiger partial charge in [-0.2, -0.15) is 4.98 Å². The Morgan fingerprint density at radius 2 is 2.08 bits per heavy atom. The van der Waals surface area contributed by atoms with Gasteiger partial charge in [-0.05, 0) is 19.8 Å². The average Bonchev–Trinajstić information content (AvgIpc) is 3.40. The van der Waals surface area contributed by atoms with Gasteiger partial charge in [-0.15, -0.1) is 0 Å². The summed E-state index contributed by atoms with van der Waals surface area (Å²) in [7, 11) is 0. The second kappa shape index (κ2) is 7.11. The minimum atomic E-state index is 0.00233. The highest BCUT2D eigenvalue weighted by molar-refractivity contribution is 5.77. The SMILES string of the molecule is Cc1cc([C@@H]2CCCN2C(=O)CCc2nc(-c3ccccc3)no2)no1. The van der Waals surface area contributed by atoms with Crippen molar-refractivity contribution in [1.29, 1.82) is 0 Å². The molecule has 0 unspecified atom stereocenters. The van der Waals surface area contributed by atoms with E-state index in [2.05, 4.69) is 15.3 Å². The molecule has 0 radical (unpaired) electrons. The zero-order valence-electron chi connectivity index (χ0n) is 14.6. The Labute approximate surface area is 151 Å². The number of benzene rings is 1. The minimum absolute atomic E-state index is 0.00233. The molecule has 1 saturated heterocycles. The van der Waals surface area contributed by atoms with Crippen LogP contribution in [0.5, 0.6) is 0 Å². The summed E-state index contributed by atoms with van der Waals surface area (Å²) in [6.45, 7) is 2.60. The molecule has 1 amide bonds. The number of likely N-dealkylation sites (tertiary alicyclic amines) is 1. The predicted octanol–water partition coefficient (Wildman–Crippen LogP) is 3.33. The fraction of sp³-hybridized carbons (Fsp3) is 0.368. The molecular formula is C19H20N4O3. The van der Waals surface area contributed by atoms with E-state index in [9.17, 15) is 4.79 Å². The standard InChI is InChI=1S/C19H20N4O3/c1-13-12-15(21-25-13)16-8-5-11-23(16)18(24)10-9-17-20-19(22-26-17)14-6-3-2-4-7-14/h2-4,6-7,12,16H,5,8-11H2,1H3/t16-/m0/s1. The number of hydrogen-bond donors (Lipinski definition) is 0. The second-order valence-electron chi connectivity index (χ2n) is 6.49. The van der Waals surface area contributed by atoms with Crippen LogP contribution in [0.4, 0.5) is 0 Å². The summed E-state index contributed by atoms with van der Waals surface area (Å²) in [5.41, 5.74) is 1.73. The van der Waals surface area contributed by atoms with Crippen molar-refractivity contribution in [3.8, 4) is 11.4 Å². The van der Waals surface area contributed by atoms with Crippen molar-refractivity contribution in [2.45, 2.75) is 38.6 Å². The van der Waals surface area contributed by atoms with Gasteiger partial charge < -0.3 is 13.9 Å². The third kappa shape index (κ3) is 3.37. The summed E-state index contributed by atoms with van der Waals surface area (Å²) >= 11 is 0. The Bertz CT molecular complexity index is 887. The maximum Gasteiger partial charge on any atom is 0.227 e. The fourth-order valence-corrected chi connectivity index (χ4v) is 3.33. The first-order valence-electron chi connectivity index (χ1n) is 8.81. The van der Waals surface area contributed by atoms with Crippen molar-refractivity contribution in [1.82, 2.24) is 20.2 Å². The van der Waals surface area contributed by atoms with Gasteiger partial charge in [0.2, 0.25) is 17.6 Å². The van der Waals surface area contributed by atoms with E-state index in [0.717, 1.165) is 36.4 Å². The van der Waals surface area contributed by atoms with E-state index in [0.29, 0.717) is 24.6 Å². The highest BCUT2D eigenvalue weighted by Gasteiger charge is 2.31. The maximum atomic E-state index is 12.7. The monoisotopic (exact) mass is 352 g/mol. The van der Waals surface area contributed by atoms with Crippen LogP contribution in [0.2, 0.25) is 0 Å². The molecule has 3 aromatic rings. The van der Waals surface area contributed by atoms with E-state index in [1.165, 1.54) is 0 Å². The van der Waals surface area contributed by atoms with Crippen molar-refractivity contribution in [2.24, 2.45) is 0 Å². The predicted molar refractivity (Wildman–Crippen MR) is 93.0 cm³/mol. The van der Waals surface area contributed by atoms with E-state index >= 15 is 0 Å². The number of aryl methyl sites for hydroxylation is 2. The van der Waals surface area contributed by atoms with Crippen LogP contribution in [0.3, 0.4) is 0 Å². The van der Waals surface area contributed by atoms with Crippen LogP contribution in [0.1, 0.15) is 42.6 Å². The lowest BCUT2D eigenvalue weighted by atomic mass is 10.1. The van der Waals surface area contributed by atoms with E-state index in [-0.39, 0.29) is 11.9 Å². The minimum Gasteiger partial charge on any atom is -0.361 e. The molecule has 7 heteroatoms. The zero-order valence-corrected chi connectivity index (χ0v) is 14.6. The summed E-state index contributed by atoms with van der Waals surface area (Å²) < 4.78 is 10.4. The molecule has 1 aliphatic heterocycles. The summed E-state index contributed by atoms with van der Waals surface area (Å²) in [6.07, 6.45) is 2.65. The summed E-state index contributed by atoms with van der Waals surface area (Å²) in [5.74, 6) is 1.86. The van der Waals surface area contributed by atoms with Crippen molar-refractivity contribution in [2.75, 3.05) is 6.54 Å².